The quantitative estimate of drug-likeness (QED) is 0.0938. The Bertz CT molecular complexity index is 2510. The molecule has 0 aliphatic carbocycles. The molecule has 23 rings (SSSR count). The van der Waals surface area contributed by atoms with Gasteiger partial charge in [0, 0.05) is 12.6 Å². The molecule has 22 heterocycles. The van der Waals surface area contributed by atoms with Crippen molar-refractivity contribution in [3.63, 3.8) is 0 Å². The molecule has 21 aliphatic rings. The molecule has 21 fully saturated rings. The van der Waals surface area contributed by atoms with Crippen molar-refractivity contribution in [2.75, 3.05) is 46.2 Å². The van der Waals surface area contributed by atoms with Crippen molar-refractivity contribution in [2.24, 2.45) is 0 Å². The topological polar surface area (TPSA) is 574 Å². The molecule has 90 heavy (non-hydrogen) atoms. The number of aromatic nitrogens is 3. The van der Waals surface area contributed by atoms with Gasteiger partial charge in [-0.3, -0.25) is 0 Å². The van der Waals surface area contributed by atoms with E-state index in [-0.39, 0.29) is 13.0 Å². The third-order valence-electron chi connectivity index (χ3n) is 16.9. The third-order valence-corrected chi connectivity index (χ3v) is 16.9. The van der Waals surface area contributed by atoms with Crippen molar-refractivity contribution in [3.8, 4) is 5.75 Å². The predicted octanol–water partition coefficient (Wildman–Crippen LogP) is -13.3. The SMILES string of the molecule is OC[C@H]1O[C@@H]2O[C@H]3[C@H](O)[C@@H](O)[C@@H](O[C@H]4[C@H](O)[C@@H](O)[C@@H](O[C@H]5[C@H](O)[C@@H](O)[C@@H](O[C@H]6[C@H](O)[C@@H](O)[C@@H](O[C@H]7[C@H](O)[C@@H](O)[C@@H](O[C@H]8[C@H](O)[C@@H](O)[C@@H](O[C@H]1[C@H](O)[C@H]2O)O[C@@H]8CO)O[C@@H]7CO)O[C@@H]6CO)O[C@@H]5Cn1cc(CCOc2ccccc2)nn1)O[C@@H]4CO)O[C@@H]3CO. The first-order valence-electron chi connectivity index (χ1n) is 29.0. The number of nitrogens with zero attached hydrogens (tertiary/aromatic N) is 3. The number of rotatable bonds is 12. The smallest absolute Gasteiger partial charge is 0.187 e. The third kappa shape index (κ3) is 14.3. The number of para-hydroxylation sites is 1. The van der Waals surface area contributed by atoms with Crippen molar-refractivity contribution in [2.45, 2.75) is 228 Å². The zero-order valence-corrected chi connectivity index (χ0v) is 47.4. The first-order valence-corrected chi connectivity index (χ1v) is 29.0. The van der Waals surface area contributed by atoms with Crippen LogP contribution in [0.3, 0.4) is 0 Å². The van der Waals surface area contributed by atoms with Crippen LogP contribution in [0.4, 0.5) is 0 Å². The Balaban J connectivity index is 0.940. The van der Waals surface area contributed by atoms with Crippen molar-refractivity contribution in [3.05, 3.63) is 42.2 Å². The first-order chi connectivity index (χ1) is 43.1. The van der Waals surface area contributed by atoms with E-state index < -0.39 is 261 Å². The van der Waals surface area contributed by atoms with Gasteiger partial charge in [-0.15, -0.1) is 5.10 Å². The van der Waals surface area contributed by atoms with E-state index in [0.717, 1.165) is 0 Å². The van der Waals surface area contributed by atoms with Crippen molar-refractivity contribution >= 4 is 0 Å². The molecule has 21 aliphatic heterocycles. The second-order valence-electron chi connectivity index (χ2n) is 22.8. The number of aliphatic hydroxyl groups is 20. The molecule has 2 aromatic rings. The highest BCUT2D eigenvalue weighted by molar-refractivity contribution is 5.21. The summed E-state index contributed by atoms with van der Waals surface area (Å²) in [6.45, 7) is -6.61. The summed E-state index contributed by atoms with van der Waals surface area (Å²) in [7, 11) is 0. The van der Waals surface area contributed by atoms with Gasteiger partial charge >= 0.3 is 0 Å². The summed E-state index contributed by atoms with van der Waals surface area (Å²) in [4.78, 5) is 0. The van der Waals surface area contributed by atoms with E-state index in [4.69, 9.17) is 71.1 Å². The van der Waals surface area contributed by atoms with E-state index in [9.17, 15) is 102 Å². The minimum atomic E-state index is -2.22. The van der Waals surface area contributed by atoms with E-state index >= 15 is 0 Å². The van der Waals surface area contributed by atoms with E-state index in [1.165, 1.54) is 10.9 Å². The van der Waals surface area contributed by atoms with Gasteiger partial charge in [0.15, 0.2) is 44.0 Å². The normalized spacial score (nSPS) is 49.0. The van der Waals surface area contributed by atoms with Crippen molar-refractivity contribution in [1.82, 2.24) is 15.0 Å². The molecule has 35 atom stereocenters. The molecular weight excluding hydrogens is 1230 g/mol. The molecule has 0 amide bonds. The van der Waals surface area contributed by atoms with Gasteiger partial charge in [0.25, 0.3) is 0 Å². The maximum atomic E-state index is 11.9. The number of aliphatic hydroxyl groups excluding tert-OH is 20. The zero-order chi connectivity index (χ0) is 64.6. The maximum Gasteiger partial charge on any atom is 0.187 e. The van der Waals surface area contributed by atoms with Crippen LogP contribution in [0.1, 0.15) is 5.69 Å². The standard InChI is InChI=1S/C52H79N3O35/c56-10-19-40-27(64)34(71)48(79-19)87-42-21(12-58)81-50(36(73)29(42)66)89-44-23(14-60)83-52(38(75)31(44)68)90-45-24(15-61)82-51(37(74)30(45)67)88-43-22(13-59)80-49(35(72)28(43)65)86-41-20(11-57)78-47(33(70)26(41)63)84-39-18(77-46(85-40)32(69)25(39)62)9-55-8-16(53-54-55)6-7-76-17-4-2-1-3-5-17/h1-5,8,18-52,56-75H,6-7,9-15H2/t18-,19-,20-,21-,22-,23-,24-,25-,26-,27-,28-,29-,30-,31-,32-,33-,34-,35-,36-,37-,38-,39-,40-,41-,42-,43-,44-,45-,46-,47-,48-,49-,50-,51-,52-/m1/s1. The molecule has 1 aromatic heterocycles. The summed E-state index contributed by atoms with van der Waals surface area (Å²) in [5.41, 5.74) is 0.386. The second-order valence-corrected chi connectivity index (χ2v) is 22.8. The van der Waals surface area contributed by atoms with Gasteiger partial charge in [0.05, 0.1) is 58.5 Å². The molecule has 38 heteroatoms. The Morgan fingerprint density at radius 2 is 0.567 bits per heavy atom. The van der Waals surface area contributed by atoms with Gasteiger partial charge in [-0.2, -0.15) is 0 Å². The average molecular weight is 1310 g/mol. The van der Waals surface area contributed by atoms with Crippen LogP contribution in [0.5, 0.6) is 5.75 Å². The lowest BCUT2D eigenvalue weighted by Crippen LogP contribution is -2.68. The molecule has 512 valence electrons. The van der Waals surface area contributed by atoms with E-state index in [2.05, 4.69) is 10.3 Å². The molecule has 0 unspecified atom stereocenters. The Labute approximate surface area is 509 Å². The second kappa shape index (κ2) is 30.3. The molecule has 38 nitrogen and oxygen atoms in total. The summed E-state index contributed by atoms with van der Waals surface area (Å²) in [5, 5.41) is 233. The summed E-state index contributed by atoms with van der Waals surface area (Å²) in [6, 6.07) is 8.84. The lowest BCUT2D eigenvalue weighted by Gasteiger charge is -2.50. The fourth-order valence-electron chi connectivity index (χ4n) is 11.9. The van der Waals surface area contributed by atoms with Crippen LogP contribution in [0, 0.1) is 0 Å². The van der Waals surface area contributed by atoms with Gasteiger partial charge < -0.3 is 173 Å². The maximum absolute atomic E-state index is 11.9. The van der Waals surface area contributed by atoms with Gasteiger partial charge in [0.2, 0.25) is 0 Å². The Kier molecular flexibility index (Phi) is 23.4. The highest BCUT2D eigenvalue weighted by Crippen LogP contribution is 2.39. The van der Waals surface area contributed by atoms with Gasteiger partial charge in [-0.1, -0.05) is 23.4 Å². The monoisotopic (exact) mass is 1310 g/mol. The van der Waals surface area contributed by atoms with Gasteiger partial charge in [0.1, 0.15) is 177 Å². The highest BCUT2D eigenvalue weighted by atomic mass is 16.8. The Hall–Kier alpha value is -3.20. The Morgan fingerprint density at radius 3 is 0.822 bits per heavy atom. The van der Waals surface area contributed by atoms with Crippen molar-refractivity contribution < 1.29 is 173 Å². The van der Waals surface area contributed by atoms with Crippen LogP contribution in [0.2, 0.25) is 0 Å². The van der Waals surface area contributed by atoms with Crippen LogP contribution in [-0.2, 0) is 79.3 Å². The minimum Gasteiger partial charge on any atom is -0.493 e. The fourth-order valence-corrected chi connectivity index (χ4v) is 11.9. The lowest BCUT2D eigenvalue weighted by atomic mass is 9.95. The van der Waals surface area contributed by atoms with Gasteiger partial charge in [-0.05, 0) is 12.1 Å². The molecule has 14 bridgehead atoms. The number of hydrogen-bond donors (Lipinski definition) is 20. The molecule has 0 spiro atoms. The largest absolute Gasteiger partial charge is 0.493 e. The minimum absolute atomic E-state index is 0.149. The predicted molar refractivity (Wildman–Crippen MR) is 277 cm³/mol. The molecule has 21 saturated heterocycles. The first kappa shape index (κ1) is 69.6. The summed E-state index contributed by atoms with van der Waals surface area (Å²) in [6.07, 6.45) is -68.8. The van der Waals surface area contributed by atoms with Crippen LogP contribution >= 0.6 is 0 Å². The molecular formula is C52H79N3O35. The molecule has 0 radical (unpaired) electrons. The summed E-state index contributed by atoms with van der Waals surface area (Å²) >= 11 is 0. The number of benzene rings is 1. The van der Waals surface area contributed by atoms with E-state index in [1.54, 1.807) is 30.3 Å². The van der Waals surface area contributed by atoms with Crippen molar-refractivity contribution in [1.29, 1.82) is 0 Å². The van der Waals surface area contributed by atoms with Crippen LogP contribution in [0.25, 0.3) is 0 Å². The molecule has 0 saturated carbocycles. The summed E-state index contributed by atoms with van der Waals surface area (Å²) in [5.74, 6) is 0.572. The van der Waals surface area contributed by atoms with Crippen LogP contribution in [-0.4, -0.2) is 378 Å². The molecule has 1 aromatic carbocycles. The average Bonchev–Trinajstić information content (AvgIpc) is 0.943. The fraction of sp³-hybridized carbons (Fsp3) is 0.846. The van der Waals surface area contributed by atoms with E-state index in [0.29, 0.717) is 11.4 Å². The van der Waals surface area contributed by atoms with E-state index in [1.807, 2.05) is 0 Å². The van der Waals surface area contributed by atoms with Crippen LogP contribution in [0.15, 0.2) is 36.5 Å². The summed E-state index contributed by atoms with van der Waals surface area (Å²) < 4.78 is 88.7. The number of hydrogen-bond acceptors (Lipinski definition) is 37. The van der Waals surface area contributed by atoms with Gasteiger partial charge in [-0.25, -0.2) is 4.68 Å². The molecule has 20 N–H and O–H groups in total. The lowest BCUT2D eigenvalue weighted by molar-refractivity contribution is -0.396. The number of ether oxygens (including phenoxy) is 15. The Morgan fingerprint density at radius 1 is 0.322 bits per heavy atom. The van der Waals surface area contributed by atoms with Crippen LogP contribution < -0.4 is 4.74 Å². The zero-order valence-electron chi connectivity index (χ0n) is 47.4. The highest BCUT2D eigenvalue weighted by Gasteiger charge is 2.59.